The molecule has 2 aliphatic carbocycles. The van der Waals surface area contributed by atoms with Crippen molar-refractivity contribution in [2.75, 3.05) is 19.3 Å². The zero-order chi connectivity index (χ0) is 17.7. The molecule has 3 fully saturated rings. The van der Waals surface area contributed by atoms with Crippen molar-refractivity contribution in [3.05, 3.63) is 11.6 Å². The summed E-state index contributed by atoms with van der Waals surface area (Å²) >= 11 is 0. The summed E-state index contributed by atoms with van der Waals surface area (Å²) in [7, 11) is -3.42. The highest BCUT2D eigenvalue weighted by atomic mass is 32.2. The normalized spacial score (nSPS) is 26.8. The minimum atomic E-state index is -3.42. The van der Waals surface area contributed by atoms with Crippen molar-refractivity contribution in [2.24, 2.45) is 0 Å². The van der Waals surface area contributed by atoms with Gasteiger partial charge < -0.3 is 4.90 Å². The molecule has 0 spiro atoms. The quantitative estimate of drug-likeness (QED) is 0.876. The fourth-order valence-electron chi connectivity index (χ4n) is 4.36. The number of nitrogens with one attached hydrogen (secondary N) is 1. The van der Waals surface area contributed by atoms with Crippen molar-refractivity contribution < 1.29 is 13.2 Å². The number of hydrogen-bond acceptors (Lipinski definition) is 5. The molecule has 1 unspecified atom stereocenters. The van der Waals surface area contributed by atoms with Crippen molar-refractivity contribution >= 4 is 15.7 Å². The number of carbonyl (C=O) groups is 1. The molecule has 0 bridgehead atoms. The van der Waals surface area contributed by atoms with Crippen LogP contribution in [0.1, 0.15) is 74.9 Å². The number of nitrogens with zero attached hydrogens (tertiary/aromatic N) is 3. The predicted octanol–water partition coefficient (Wildman–Crippen LogP) is 1.75. The summed E-state index contributed by atoms with van der Waals surface area (Å²) in [5.41, 5.74) is 0. The van der Waals surface area contributed by atoms with E-state index in [1.165, 1.54) is 19.1 Å². The fraction of sp³-hybridized carbons (Fsp3) is 0.824. The molecule has 7 nitrogen and oxygen atoms in total. The Morgan fingerprint density at radius 1 is 1.16 bits per heavy atom. The Hall–Kier alpha value is -1.44. The highest BCUT2D eigenvalue weighted by Crippen LogP contribution is 2.40. The van der Waals surface area contributed by atoms with Crippen molar-refractivity contribution in [1.29, 1.82) is 0 Å². The van der Waals surface area contributed by atoms with Gasteiger partial charge in [0.05, 0.1) is 0 Å². The van der Waals surface area contributed by atoms with Crippen LogP contribution in [0.2, 0.25) is 0 Å². The van der Waals surface area contributed by atoms with Gasteiger partial charge in [0.1, 0.15) is 5.82 Å². The second-order valence-electron chi connectivity index (χ2n) is 7.92. The lowest BCUT2D eigenvalue weighted by atomic mass is 9.95. The fourth-order valence-corrected chi connectivity index (χ4v) is 5.84. The van der Waals surface area contributed by atoms with E-state index in [-0.39, 0.29) is 11.8 Å². The van der Waals surface area contributed by atoms with Crippen LogP contribution in [-0.2, 0) is 14.6 Å². The molecule has 1 aliphatic heterocycles. The highest BCUT2D eigenvalue weighted by molar-refractivity contribution is 7.92. The van der Waals surface area contributed by atoms with E-state index in [0.717, 1.165) is 37.3 Å². The van der Waals surface area contributed by atoms with Gasteiger partial charge >= 0.3 is 0 Å². The molecule has 0 aromatic carbocycles. The molecule has 3 aliphatic rings. The van der Waals surface area contributed by atoms with Crippen LogP contribution >= 0.6 is 0 Å². The molecule has 2 saturated carbocycles. The number of aromatic amines is 1. The number of amides is 1. The van der Waals surface area contributed by atoms with Gasteiger partial charge in [0.25, 0.3) is 0 Å². The summed E-state index contributed by atoms with van der Waals surface area (Å²) in [5.74, 6) is 2.16. The van der Waals surface area contributed by atoms with E-state index < -0.39 is 14.6 Å². The lowest BCUT2D eigenvalue weighted by molar-refractivity contribution is -0.135. The van der Waals surface area contributed by atoms with Crippen LogP contribution in [-0.4, -0.2) is 58.5 Å². The maximum absolute atomic E-state index is 13.2. The average molecular weight is 366 g/mol. The Balaban J connectivity index is 1.52. The molecule has 1 N–H and O–H groups in total. The smallest absolute Gasteiger partial charge is 0.244 e. The van der Waals surface area contributed by atoms with Crippen molar-refractivity contribution in [3.8, 4) is 0 Å². The summed E-state index contributed by atoms with van der Waals surface area (Å²) < 4.78 is 23.6. The molecule has 138 valence electrons. The van der Waals surface area contributed by atoms with Crippen LogP contribution in [0, 0.1) is 0 Å². The summed E-state index contributed by atoms with van der Waals surface area (Å²) in [4.78, 5) is 19.6. The van der Waals surface area contributed by atoms with Crippen LogP contribution in [0.15, 0.2) is 0 Å². The third kappa shape index (κ3) is 2.98. The first-order chi connectivity index (χ1) is 11.9. The molecule has 1 amide bonds. The Morgan fingerprint density at radius 2 is 1.88 bits per heavy atom. The predicted molar refractivity (Wildman–Crippen MR) is 93.0 cm³/mol. The molecule has 1 aromatic rings. The third-order valence-corrected chi connectivity index (χ3v) is 8.07. The third-order valence-electron chi connectivity index (χ3n) is 6.07. The number of rotatable bonds is 4. The van der Waals surface area contributed by atoms with Gasteiger partial charge in [-0.05, 0) is 38.5 Å². The number of likely N-dealkylation sites (tertiary alicyclic amines) is 1. The van der Waals surface area contributed by atoms with Crippen LogP contribution in [0.25, 0.3) is 0 Å². The minimum Gasteiger partial charge on any atom is -0.341 e. The number of hydrogen-bond donors (Lipinski definition) is 1. The summed E-state index contributed by atoms with van der Waals surface area (Å²) in [5, 5.41) is 7.40. The van der Waals surface area contributed by atoms with E-state index in [1.54, 1.807) is 4.90 Å². The second kappa shape index (κ2) is 6.07. The first kappa shape index (κ1) is 17.0. The number of sulfone groups is 1. The molecule has 25 heavy (non-hydrogen) atoms. The maximum Gasteiger partial charge on any atom is 0.244 e. The Bertz CT molecular complexity index is 763. The number of carbonyl (C=O) groups excluding carboxylic acids is 1. The van der Waals surface area contributed by atoms with E-state index >= 15 is 0 Å². The topological polar surface area (TPSA) is 96.0 Å². The molecule has 0 radical (unpaired) electrons. The zero-order valence-corrected chi connectivity index (χ0v) is 15.5. The van der Waals surface area contributed by atoms with Crippen molar-refractivity contribution in [3.63, 3.8) is 0 Å². The molecule has 1 atom stereocenters. The Kier molecular flexibility index (Phi) is 4.13. The lowest BCUT2D eigenvalue weighted by Crippen LogP contribution is -2.54. The van der Waals surface area contributed by atoms with Crippen molar-refractivity contribution in [1.82, 2.24) is 20.1 Å². The first-order valence-corrected chi connectivity index (χ1v) is 11.2. The van der Waals surface area contributed by atoms with E-state index in [9.17, 15) is 13.2 Å². The molecule has 2 heterocycles. The summed E-state index contributed by atoms with van der Waals surface area (Å²) in [6.45, 7) is 1.16. The van der Waals surface area contributed by atoms with Crippen LogP contribution in [0.4, 0.5) is 0 Å². The van der Waals surface area contributed by atoms with Gasteiger partial charge in [-0.1, -0.05) is 12.8 Å². The number of aromatic nitrogens is 3. The highest BCUT2D eigenvalue weighted by Gasteiger charge is 2.52. The van der Waals surface area contributed by atoms with E-state index in [1.807, 2.05) is 0 Å². The standard InChI is InChI=1S/C17H26N4O3S/c1-25(23,24)17(8-2-3-9-17)16(22)21-10-4-5-13(11-21)15-18-14(19-20-15)12-6-7-12/h12-13H,2-11H2,1H3,(H,18,19,20). The van der Waals surface area contributed by atoms with Gasteiger partial charge in [-0.3, -0.25) is 9.89 Å². The van der Waals surface area contributed by atoms with Gasteiger partial charge in [-0.2, -0.15) is 5.10 Å². The Labute approximate surface area is 148 Å². The maximum atomic E-state index is 13.2. The molecule has 1 saturated heterocycles. The zero-order valence-electron chi connectivity index (χ0n) is 14.7. The molecule has 4 rings (SSSR count). The lowest BCUT2D eigenvalue weighted by Gasteiger charge is -2.37. The second-order valence-corrected chi connectivity index (χ2v) is 10.2. The van der Waals surface area contributed by atoms with Gasteiger partial charge in [0.2, 0.25) is 5.91 Å². The van der Waals surface area contributed by atoms with Gasteiger partial charge in [-0.25, -0.2) is 13.4 Å². The number of piperidine rings is 1. The van der Waals surface area contributed by atoms with Gasteiger partial charge in [0.15, 0.2) is 20.4 Å². The molecule has 1 aromatic heterocycles. The monoisotopic (exact) mass is 366 g/mol. The SMILES string of the molecule is CS(=O)(=O)C1(C(=O)N2CCCC(c3n[nH]c(C4CC4)n3)C2)CCCC1. The summed E-state index contributed by atoms with van der Waals surface area (Å²) in [6.07, 6.45) is 7.89. The van der Waals surface area contributed by atoms with Crippen LogP contribution in [0.3, 0.4) is 0 Å². The molecule has 8 heteroatoms. The van der Waals surface area contributed by atoms with Crippen LogP contribution in [0.5, 0.6) is 0 Å². The molecular weight excluding hydrogens is 340 g/mol. The largest absolute Gasteiger partial charge is 0.341 e. The minimum absolute atomic E-state index is 0.0967. The first-order valence-electron chi connectivity index (χ1n) is 9.32. The number of H-pyrrole nitrogens is 1. The average Bonchev–Trinajstić information content (AvgIpc) is 3.12. The van der Waals surface area contributed by atoms with E-state index in [2.05, 4.69) is 15.2 Å². The molecular formula is C17H26N4O3S. The summed E-state index contributed by atoms with van der Waals surface area (Å²) in [6, 6.07) is 0. The van der Waals surface area contributed by atoms with Gasteiger partial charge in [-0.15, -0.1) is 0 Å². The van der Waals surface area contributed by atoms with Crippen molar-refractivity contribution in [2.45, 2.75) is 67.9 Å². The van der Waals surface area contributed by atoms with E-state index in [4.69, 9.17) is 0 Å². The Morgan fingerprint density at radius 3 is 2.52 bits per heavy atom. The van der Waals surface area contributed by atoms with E-state index in [0.29, 0.717) is 31.8 Å². The van der Waals surface area contributed by atoms with Crippen LogP contribution < -0.4 is 0 Å². The van der Waals surface area contributed by atoms with Gasteiger partial charge in [0, 0.05) is 31.2 Å².